The normalized spacial score (nSPS) is 26.4. The summed E-state index contributed by atoms with van der Waals surface area (Å²) in [7, 11) is -2.93. The van der Waals surface area contributed by atoms with E-state index >= 15 is 0 Å². The molecule has 1 aliphatic rings. The van der Waals surface area contributed by atoms with Crippen LogP contribution in [0.5, 0.6) is 0 Å². The highest BCUT2D eigenvalue weighted by molar-refractivity contribution is 7.91. The number of rotatable bonds is 5. The van der Waals surface area contributed by atoms with E-state index in [4.69, 9.17) is 5.11 Å². The van der Waals surface area contributed by atoms with Crippen molar-refractivity contribution in [2.24, 2.45) is 5.92 Å². The second-order valence-electron chi connectivity index (χ2n) is 5.09. The molecule has 0 aromatic carbocycles. The summed E-state index contributed by atoms with van der Waals surface area (Å²) in [6, 6.07) is 0. The molecule has 0 bridgehead atoms. The van der Waals surface area contributed by atoms with Crippen molar-refractivity contribution in [2.45, 2.75) is 38.6 Å². The number of amides is 1. The number of nitrogens with one attached hydrogen (secondary N) is 1. The van der Waals surface area contributed by atoms with Gasteiger partial charge in [0.15, 0.2) is 9.84 Å². The smallest absolute Gasteiger partial charge is 0.220 e. The Morgan fingerprint density at radius 2 is 2.18 bits per heavy atom. The van der Waals surface area contributed by atoms with Crippen LogP contribution >= 0.6 is 0 Å². The van der Waals surface area contributed by atoms with Crippen LogP contribution in [0, 0.1) is 5.92 Å². The summed E-state index contributed by atoms with van der Waals surface area (Å²) in [4.78, 5) is 11.7. The Hall–Kier alpha value is -0.620. The van der Waals surface area contributed by atoms with Gasteiger partial charge in [-0.3, -0.25) is 4.79 Å². The predicted octanol–water partition coefficient (Wildman–Crippen LogP) is 0.0884. The molecule has 1 fully saturated rings. The van der Waals surface area contributed by atoms with Crippen LogP contribution in [0.2, 0.25) is 0 Å². The molecule has 1 saturated heterocycles. The first-order chi connectivity index (χ1) is 7.80. The Morgan fingerprint density at radius 1 is 1.53 bits per heavy atom. The zero-order chi connectivity index (χ0) is 13.1. The van der Waals surface area contributed by atoms with Crippen molar-refractivity contribution in [3.8, 4) is 0 Å². The minimum Gasteiger partial charge on any atom is -0.394 e. The molecule has 1 amide bonds. The summed E-state index contributed by atoms with van der Waals surface area (Å²) in [5, 5.41) is 11.9. The van der Waals surface area contributed by atoms with E-state index in [1.165, 1.54) is 0 Å². The van der Waals surface area contributed by atoms with Gasteiger partial charge in [0.05, 0.1) is 23.7 Å². The summed E-state index contributed by atoms with van der Waals surface area (Å²) in [6.07, 6.45) is 1.44. The van der Waals surface area contributed by atoms with Gasteiger partial charge >= 0.3 is 0 Å². The van der Waals surface area contributed by atoms with Crippen LogP contribution in [0.1, 0.15) is 33.1 Å². The first-order valence-electron chi connectivity index (χ1n) is 5.92. The standard InChI is InChI=1S/C11H21NO4S/c1-3-11(2,8-13)12-10(14)6-9-4-5-17(15,16)7-9/h9,13H,3-8H2,1-2H3,(H,12,14). The maximum absolute atomic E-state index is 11.7. The van der Waals surface area contributed by atoms with Crippen LogP contribution in [0.25, 0.3) is 0 Å². The van der Waals surface area contributed by atoms with Crippen molar-refractivity contribution in [2.75, 3.05) is 18.1 Å². The number of carbonyl (C=O) groups is 1. The number of hydrogen-bond acceptors (Lipinski definition) is 4. The van der Waals surface area contributed by atoms with Crippen molar-refractivity contribution in [3.05, 3.63) is 0 Å². The summed E-state index contributed by atoms with van der Waals surface area (Å²) in [5.74, 6) is 0.0589. The van der Waals surface area contributed by atoms with Gasteiger partial charge in [-0.15, -0.1) is 0 Å². The maximum atomic E-state index is 11.7. The summed E-state index contributed by atoms with van der Waals surface area (Å²) >= 11 is 0. The molecule has 2 atom stereocenters. The molecule has 0 spiro atoms. The van der Waals surface area contributed by atoms with Gasteiger partial charge in [-0.05, 0) is 25.7 Å². The Balaban J connectivity index is 2.46. The molecule has 0 aromatic rings. The van der Waals surface area contributed by atoms with E-state index in [-0.39, 0.29) is 36.4 Å². The fraction of sp³-hybridized carbons (Fsp3) is 0.909. The quantitative estimate of drug-likeness (QED) is 0.736. The van der Waals surface area contributed by atoms with E-state index in [0.29, 0.717) is 12.8 Å². The third kappa shape index (κ3) is 4.27. The summed E-state index contributed by atoms with van der Waals surface area (Å²) in [5.41, 5.74) is -0.603. The van der Waals surface area contributed by atoms with Gasteiger partial charge in [0, 0.05) is 6.42 Å². The minimum absolute atomic E-state index is 0.0696. The second kappa shape index (κ2) is 5.35. The number of carbonyl (C=O) groups excluding carboxylic acids is 1. The van der Waals surface area contributed by atoms with Crippen molar-refractivity contribution < 1.29 is 18.3 Å². The molecule has 0 aromatic heterocycles. The van der Waals surface area contributed by atoms with Crippen LogP contribution in [0.3, 0.4) is 0 Å². The van der Waals surface area contributed by atoms with Gasteiger partial charge in [-0.2, -0.15) is 0 Å². The molecule has 0 aliphatic carbocycles. The summed E-state index contributed by atoms with van der Waals surface area (Å²) in [6.45, 7) is 3.55. The van der Waals surface area contributed by atoms with Gasteiger partial charge < -0.3 is 10.4 Å². The highest BCUT2D eigenvalue weighted by Crippen LogP contribution is 2.22. The minimum atomic E-state index is -2.93. The van der Waals surface area contributed by atoms with Crippen molar-refractivity contribution in [1.82, 2.24) is 5.32 Å². The van der Waals surface area contributed by atoms with E-state index in [9.17, 15) is 13.2 Å². The lowest BCUT2D eigenvalue weighted by Crippen LogP contribution is -2.48. The number of hydrogen-bond donors (Lipinski definition) is 2. The van der Waals surface area contributed by atoms with E-state index in [1.54, 1.807) is 6.92 Å². The van der Waals surface area contributed by atoms with Gasteiger partial charge in [0.25, 0.3) is 0 Å². The van der Waals surface area contributed by atoms with Crippen molar-refractivity contribution in [3.63, 3.8) is 0 Å². The Labute approximate surface area is 103 Å². The van der Waals surface area contributed by atoms with Crippen LogP contribution in [-0.4, -0.2) is 43.1 Å². The van der Waals surface area contributed by atoms with Gasteiger partial charge in [0.1, 0.15) is 0 Å². The van der Waals surface area contributed by atoms with E-state index in [0.717, 1.165) is 0 Å². The predicted molar refractivity (Wildman–Crippen MR) is 65.3 cm³/mol. The van der Waals surface area contributed by atoms with Crippen LogP contribution in [0.15, 0.2) is 0 Å². The Morgan fingerprint density at radius 3 is 2.59 bits per heavy atom. The van der Waals surface area contributed by atoms with E-state index < -0.39 is 15.4 Å². The summed E-state index contributed by atoms with van der Waals surface area (Å²) < 4.78 is 22.5. The number of aliphatic hydroxyl groups is 1. The molecule has 17 heavy (non-hydrogen) atoms. The SMILES string of the molecule is CCC(C)(CO)NC(=O)CC1CCS(=O)(=O)C1. The first kappa shape index (κ1) is 14.4. The molecule has 2 N–H and O–H groups in total. The third-order valence-corrected chi connectivity index (χ3v) is 5.21. The molecule has 0 radical (unpaired) electrons. The van der Waals surface area contributed by atoms with Crippen molar-refractivity contribution >= 4 is 15.7 Å². The molecular formula is C11H21NO4S. The Kier molecular flexibility index (Phi) is 4.55. The van der Waals surface area contributed by atoms with Crippen molar-refractivity contribution in [1.29, 1.82) is 0 Å². The zero-order valence-corrected chi connectivity index (χ0v) is 11.2. The van der Waals surface area contributed by atoms with Crippen LogP contribution in [0.4, 0.5) is 0 Å². The van der Waals surface area contributed by atoms with E-state index in [2.05, 4.69) is 5.32 Å². The monoisotopic (exact) mass is 263 g/mol. The highest BCUT2D eigenvalue weighted by atomic mass is 32.2. The van der Waals surface area contributed by atoms with Crippen LogP contribution in [-0.2, 0) is 14.6 Å². The second-order valence-corrected chi connectivity index (χ2v) is 7.32. The molecule has 5 nitrogen and oxygen atoms in total. The first-order valence-corrected chi connectivity index (χ1v) is 7.74. The van der Waals surface area contributed by atoms with E-state index in [1.807, 2.05) is 6.92 Å². The molecule has 1 aliphatic heterocycles. The molecule has 2 unspecified atom stereocenters. The van der Waals surface area contributed by atoms with Crippen LogP contribution < -0.4 is 5.32 Å². The lowest BCUT2D eigenvalue weighted by atomic mass is 9.98. The average molecular weight is 263 g/mol. The molecule has 1 heterocycles. The maximum Gasteiger partial charge on any atom is 0.220 e. The molecule has 0 saturated carbocycles. The third-order valence-electron chi connectivity index (χ3n) is 3.37. The largest absolute Gasteiger partial charge is 0.394 e. The number of aliphatic hydroxyl groups excluding tert-OH is 1. The zero-order valence-electron chi connectivity index (χ0n) is 10.4. The van der Waals surface area contributed by atoms with Gasteiger partial charge in [-0.1, -0.05) is 6.92 Å². The highest BCUT2D eigenvalue weighted by Gasteiger charge is 2.31. The topological polar surface area (TPSA) is 83.5 Å². The molecule has 6 heteroatoms. The lowest BCUT2D eigenvalue weighted by molar-refractivity contribution is -0.124. The fourth-order valence-corrected chi connectivity index (χ4v) is 3.78. The number of sulfone groups is 1. The fourth-order valence-electron chi connectivity index (χ4n) is 1.92. The van der Waals surface area contributed by atoms with Gasteiger partial charge in [0.2, 0.25) is 5.91 Å². The lowest BCUT2D eigenvalue weighted by Gasteiger charge is -2.27. The molecule has 100 valence electrons. The Bertz CT molecular complexity index is 373. The molecule has 1 rings (SSSR count). The molecular weight excluding hydrogens is 242 g/mol. The average Bonchev–Trinajstić information content (AvgIpc) is 2.57. The van der Waals surface area contributed by atoms with Gasteiger partial charge in [-0.25, -0.2) is 8.42 Å².